The number of para-hydroxylation sites is 1. The van der Waals surface area contributed by atoms with Crippen molar-refractivity contribution in [2.24, 2.45) is 0 Å². The van der Waals surface area contributed by atoms with Crippen molar-refractivity contribution in [3.05, 3.63) is 30.3 Å². The highest BCUT2D eigenvalue weighted by Gasteiger charge is 2.30. The van der Waals surface area contributed by atoms with Gasteiger partial charge in [-0.3, -0.25) is 4.79 Å². The molecule has 0 heterocycles. The monoisotopic (exact) mass is 310 g/mol. The zero-order valence-electron chi connectivity index (χ0n) is 12.2. The second kappa shape index (κ2) is 8.11. The van der Waals surface area contributed by atoms with E-state index in [1.807, 2.05) is 6.07 Å². The first-order valence-electron chi connectivity index (χ1n) is 7.32. The van der Waals surface area contributed by atoms with E-state index in [-0.39, 0.29) is 12.1 Å². The predicted molar refractivity (Wildman–Crippen MR) is 80.2 cm³/mol. The second-order valence-electron chi connectivity index (χ2n) is 5.21. The second-order valence-corrected chi connectivity index (χ2v) is 6.16. The fourth-order valence-electron chi connectivity index (χ4n) is 2.26. The van der Waals surface area contributed by atoms with Gasteiger partial charge in [-0.05, 0) is 44.7 Å². The SMILES string of the molecule is C[C@H](N[P+](=O)Oc1ccccc1)C(=O)OC1CCCCC1. The molecule has 21 heavy (non-hydrogen) atoms. The van der Waals surface area contributed by atoms with Crippen molar-refractivity contribution in [2.75, 3.05) is 0 Å². The molecule has 5 nitrogen and oxygen atoms in total. The van der Waals surface area contributed by atoms with Crippen LogP contribution in [0.2, 0.25) is 0 Å². The van der Waals surface area contributed by atoms with Crippen LogP contribution in [-0.2, 0) is 14.1 Å². The summed E-state index contributed by atoms with van der Waals surface area (Å²) < 4.78 is 22.5. The molecule has 2 rings (SSSR count). The first-order valence-corrected chi connectivity index (χ1v) is 8.50. The van der Waals surface area contributed by atoms with Crippen LogP contribution in [0, 0.1) is 0 Å². The maximum absolute atomic E-state index is 11.9. The molecule has 1 aromatic rings. The summed E-state index contributed by atoms with van der Waals surface area (Å²) in [6, 6.07) is 8.19. The summed E-state index contributed by atoms with van der Waals surface area (Å²) in [6.07, 6.45) is 5.26. The Labute approximate surface area is 125 Å². The highest BCUT2D eigenvalue weighted by atomic mass is 31.1. The van der Waals surface area contributed by atoms with Crippen molar-refractivity contribution in [2.45, 2.75) is 51.2 Å². The molecule has 2 atom stereocenters. The fourth-order valence-corrected chi connectivity index (χ4v) is 3.05. The smallest absolute Gasteiger partial charge is 0.461 e. The van der Waals surface area contributed by atoms with Gasteiger partial charge in [-0.25, -0.2) is 4.52 Å². The van der Waals surface area contributed by atoms with E-state index >= 15 is 0 Å². The molecule has 0 aromatic heterocycles. The Morgan fingerprint density at radius 2 is 1.90 bits per heavy atom. The molecular weight excluding hydrogens is 289 g/mol. The number of hydrogen-bond donors (Lipinski definition) is 1. The van der Waals surface area contributed by atoms with E-state index < -0.39 is 14.2 Å². The lowest BCUT2D eigenvalue weighted by Gasteiger charge is -2.22. The quantitative estimate of drug-likeness (QED) is 0.642. The molecule has 0 bridgehead atoms. The zero-order chi connectivity index (χ0) is 15.1. The van der Waals surface area contributed by atoms with Gasteiger partial charge >= 0.3 is 14.1 Å². The van der Waals surface area contributed by atoms with Crippen LogP contribution < -0.4 is 9.61 Å². The molecule has 6 heteroatoms. The number of rotatable bonds is 6. The molecule has 114 valence electrons. The number of nitrogens with one attached hydrogen (secondary N) is 1. The minimum atomic E-state index is -2.15. The first kappa shape index (κ1) is 15.9. The van der Waals surface area contributed by atoms with Gasteiger partial charge in [0.1, 0.15) is 12.1 Å². The van der Waals surface area contributed by atoms with Gasteiger partial charge in [-0.2, -0.15) is 0 Å². The Bertz CT molecular complexity index is 474. The van der Waals surface area contributed by atoms with E-state index in [4.69, 9.17) is 9.26 Å². The Morgan fingerprint density at radius 3 is 2.57 bits per heavy atom. The standard InChI is InChI=1S/C15H21NO4P/c1-12(15(17)19-13-8-4-2-5-9-13)16-21(18)20-14-10-6-3-7-11-14/h3,6-7,10-13H,2,4-5,8-9H2,1H3,(H,16,18)/q+1/t12-/m0/s1. The maximum atomic E-state index is 11.9. The van der Waals surface area contributed by atoms with Crippen LogP contribution in [0.3, 0.4) is 0 Å². The van der Waals surface area contributed by atoms with E-state index in [0.717, 1.165) is 25.7 Å². The molecule has 0 aliphatic heterocycles. The Balaban J connectivity index is 1.75. The Hall–Kier alpha value is -1.45. The van der Waals surface area contributed by atoms with E-state index in [1.54, 1.807) is 31.2 Å². The van der Waals surface area contributed by atoms with Crippen LogP contribution in [0.5, 0.6) is 5.75 Å². The van der Waals surface area contributed by atoms with Gasteiger partial charge in [0.05, 0.1) is 0 Å². The Kier molecular flexibility index (Phi) is 6.15. The number of carbonyl (C=O) groups excluding carboxylic acids is 1. The number of benzene rings is 1. The number of ether oxygens (including phenoxy) is 1. The molecule has 1 fully saturated rings. The Morgan fingerprint density at radius 1 is 1.24 bits per heavy atom. The lowest BCUT2D eigenvalue weighted by molar-refractivity contribution is -0.152. The zero-order valence-corrected chi connectivity index (χ0v) is 13.1. The molecule has 1 N–H and O–H groups in total. The molecule has 1 unspecified atom stereocenters. The van der Waals surface area contributed by atoms with E-state index in [1.165, 1.54) is 6.42 Å². The highest BCUT2D eigenvalue weighted by Crippen LogP contribution is 2.24. The van der Waals surface area contributed by atoms with Gasteiger partial charge in [0.25, 0.3) is 0 Å². The number of esters is 1. The van der Waals surface area contributed by atoms with Crippen molar-refractivity contribution < 1.29 is 18.6 Å². The maximum Gasteiger partial charge on any atom is 0.664 e. The van der Waals surface area contributed by atoms with E-state index in [9.17, 15) is 9.36 Å². The summed E-state index contributed by atoms with van der Waals surface area (Å²) in [5.74, 6) is 0.126. The molecule has 1 aliphatic rings. The van der Waals surface area contributed by atoms with Crippen molar-refractivity contribution in [3.8, 4) is 5.75 Å². The third-order valence-electron chi connectivity index (χ3n) is 3.42. The normalized spacial score (nSPS) is 17.9. The molecule has 1 aromatic carbocycles. The number of carbonyl (C=O) groups is 1. The van der Waals surface area contributed by atoms with Crippen LogP contribution in [0.4, 0.5) is 0 Å². The third-order valence-corrected chi connectivity index (χ3v) is 4.39. The van der Waals surface area contributed by atoms with Crippen LogP contribution in [0.15, 0.2) is 30.3 Å². The molecule has 0 radical (unpaired) electrons. The summed E-state index contributed by atoms with van der Waals surface area (Å²) in [6.45, 7) is 1.63. The van der Waals surface area contributed by atoms with Crippen LogP contribution in [0.25, 0.3) is 0 Å². The first-order chi connectivity index (χ1) is 10.1. The minimum absolute atomic E-state index is 0.00317. The van der Waals surface area contributed by atoms with Gasteiger partial charge in [0.15, 0.2) is 5.75 Å². The van der Waals surface area contributed by atoms with Gasteiger partial charge in [0.2, 0.25) is 0 Å². The minimum Gasteiger partial charge on any atom is -0.461 e. The van der Waals surface area contributed by atoms with Crippen molar-refractivity contribution in [1.29, 1.82) is 0 Å². The van der Waals surface area contributed by atoms with Gasteiger partial charge in [0, 0.05) is 4.57 Å². The molecule has 0 amide bonds. The van der Waals surface area contributed by atoms with Crippen LogP contribution in [0.1, 0.15) is 39.0 Å². The van der Waals surface area contributed by atoms with Gasteiger partial charge in [-0.1, -0.05) is 29.7 Å². The van der Waals surface area contributed by atoms with Gasteiger partial charge in [-0.15, -0.1) is 0 Å². The van der Waals surface area contributed by atoms with Gasteiger partial charge < -0.3 is 4.74 Å². The largest absolute Gasteiger partial charge is 0.664 e. The lowest BCUT2D eigenvalue weighted by atomic mass is 9.98. The van der Waals surface area contributed by atoms with E-state index in [2.05, 4.69) is 5.09 Å². The predicted octanol–water partition coefficient (Wildman–Crippen LogP) is 3.58. The average molecular weight is 310 g/mol. The topological polar surface area (TPSA) is 64.6 Å². The summed E-state index contributed by atoms with van der Waals surface area (Å²) in [4.78, 5) is 11.9. The molecule has 0 saturated heterocycles. The van der Waals surface area contributed by atoms with Crippen molar-refractivity contribution in [3.63, 3.8) is 0 Å². The summed E-state index contributed by atoms with van der Waals surface area (Å²) >= 11 is 0. The number of hydrogen-bond acceptors (Lipinski definition) is 4. The summed E-state index contributed by atoms with van der Waals surface area (Å²) in [5, 5.41) is 2.63. The average Bonchev–Trinajstić information content (AvgIpc) is 2.49. The summed E-state index contributed by atoms with van der Waals surface area (Å²) in [7, 11) is -2.15. The molecule has 0 spiro atoms. The highest BCUT2D eigenvalue weighted by molar-refractivity contribution is 7.37. The van der Waals surface area contributed by atoms with Crippen molar-refractivity contribution >= 4 is 14.1 Å². The summed E-state index contributed by atoms with van der Waals surface area (Å²) in [5.41, 5.74) is 0. The van der Waals surface area contributed by atoms with Crippen LogP contribution in [-0.4, -0.2) is 18.1 Å². The fraction of sp³-hybridized carbons (Fsp3) is 0.533. The van der Waals surface area contributed by atoms with Crippen molar-refractivity contribution in [1.82, 2.24) is 5.09 Å². The molecule has 1 saturated carbocycles. The lowest BCUT2D eigenvalue weighted by Crippen LogP contribution is -2.34. The third kappa shape index (κ3) is 5.44. The molecular formula is C15H21NO4P+. The molecule has 1 aliphatic carbocycles. The van der Waals surface area contributed by atoms with E-state index in [0.29, 0.717) is 5.75 Å². The van der Waals surface area contributed by atoms with Crippen LogP contribution >= 0.6 is 8.18 Å².